The van der Waals surface area contributed by atoms with Crippen LogP contribution in [0.5, 0.6) is 0 Å². The summed E-state index contributed by atoms with van der Waals surface area (Å²) in [4.78, 5) is 12.3. The maximum Gasteiger partial charge on any atom is 0.251 e. The van der Waals surface area contributed by atoms with Crippen molar-refractivity contribution in [3.8, 4) is 0 Å². The Morgan fingerprint density at radius 1 is 1.32 bits per heavy atom. The van der Waals surface area contributed by atoms with Crippen molar-refractivity contribution in [2.45, 2.75) is 13.0 Å². The minimum atomic E-state index is -0.168. The summed E-state index contributed by atoms with van der Waals surface area (Å²) < 4.78 is 7.24. The second-order valence-corrected chi connectivity index (χ2v) is 5.10. The first-order valence-electron chi connectivity index (χ1n) is 7.11. The van der Waals surface area contributed by atoms with Crippen LogP contribution in [0.25, 0.3) is 0 Å². The van der Waals surface area contributed by atoms with Crippen LogP contribution < -0.4 is 5.32 Å². The van der Waals surface area contributed by atoms with Crippen molar-refractivity contribution in [3.63, 3.8) is 0 Å². The van der Waals surface area contributed by atoms with E-state index in [0.29, 0.717) is 12.1 Å². The van der Waals surface area contributed by atoms with E-state index in [1.807, 2.05) is 49.5 Å². The summed E-state index contributed by atoms with van der Waals surface area (Å²) in [6.07, 6.45) is 5.18. The summed E-state index contributed by atoms with van der Waals surface area (Å²) in [7, 11) is 0. The number of rotatable bonds is 5. The van der Waals surface area contributed by atoms with E-state index in [4.69, 9.17) is 4.42 Å². The summed E-state index contributed by atoms with van der Waals surface area (Å²) in [6.45, 7) is 2.37. The molecule has 0 radical (unpaired) electrons. The third-order valence-electron chi connectivity index (χ3n) is 3.45. The summed E-state index contributed by atoms with van der Waals surface area (Å²) in [6, 6.07) is 12.9. The quantitative estimate of drug-likeness (QED) is 0.787. The molecule has 112 valence electrons. The van der Waals surface area contributed by atoms with Crippen LogP contribution in [0.2, 0.25) is 0 Å². The zero-order valence-electron chi connectivity index (χ0n) is 12.3. The molecule has 0 spiro atoms. The highest BCUT2D eigenvalue weighted by Gasteiger charge is 2.18. The van der Waals surface area contributed by atoms with Gasteiger partial charge in [-0.1, -0.05) is 17.7 Å². The molecule has 0 saturated heterocycles. The Bertz CT molecular complexity index is 699. The molecular formula is C17H17N3O2. The van der Waals surface area contributed by atoms with Crippen molar-refractivity contribution < 1.29 is 9.21 Å². The average Bonchev–Trinajstić information content (AvgIpc) is 3.21. The van der Waals surface area contributed by atoms with Gasteiger partial charge < -0.3 is 9.73 Å². The van der Waals surface area contributed by atoms with Gasteiger partial charge in [-0.3, -0.25) is 9.48 Å². The lowest BCUT2D eigenvalue weighted by Gasteiger charge is -2.16. The Kier molecular flexibility index (Phi) is 4.05. The minimum absolute atomic E-state index is 0.104. The predicted molar refractivity (Wildman–Crippen MR) is 82.6 cm³/mol. The van der Waals surface area contributed by atoms with Crippen molar-refractivity contribution in [1.29, 1.82) is 0 Å². The summed E-state index contributed by atoms with van der Waals surface area (Å²) in [5.74, 6) is 0.653. The second kappa shape index (κ2) is 6.30. The lowest BCUT2D eigenvalue weighted by Crippen LogP contribution is -2.31. The maximum absolute atomic E-state index is 12.3. The Morgan fingerprint density at radius 2 is 2.23 bits per heavy atom. The third-order valence-corrected chi connectivity index (χ3v) is 3.45. The Balaban J connectivity index is 1.73. The van der Waals surface area contributed by atoms with E-state index in [1.165, 1.54) is 0 Å². The smallest absolute Gasteiger partial charge is 0.251 e. The number of aromatic nitrogens is 2. The first-order chi connectivity index (χ1) is 10.7. The highest BCUT2D eigenvalue weighted by Crippen LogP contribution is 2.17. The first kappa shape index (κ1) is 14.1. The second-order valence-electron chi connectivity index (χ2n) is 5.10. The average molecular weight is 295 g/mol. The molecule has 0 aliphatic heterocycles. The van der Waals surface area contributed by atoms with Crippen LogP contribution in [0.1, 0.15) is 27.7 Å². The van der Waals surface area contributed by atoms with Gasteiger partial charge in [0.05, 0.1) is 6.26 Å². The fourth-order valence-electron chi connectivity index (χ4n) is 2.35. The molecule has 22 heavy (non-hydrogen) atoms. The number of nitrogens with zero attached hydrogens (tertiary/aromatic N) is 2. The van der Waals surface area contributed by atoms with E-state index in [-0.39, 0.29) is 11.9 Å². The summed E-state index contributed by atoms with van der Waals surface area (Å²) in [5, 5.41) is 7.19. The van der Waals surface area contributed by atoms with Gasteiger partial charge >= 0.3 is 0 Å². The highest BCUT2D eigenvalue weighted by molar-refractivity contribution is 5.94. The van der Waals surface area contributed by atoms with E-state index in [1.54, 1.807) is 23.2 Å². The number of aryl methyl sites for hydroxylation is 1. The van der Waals surface area contributed by atoms with E-state index in [0.717, 1.165) is 11.3 Å². The molecule has 0 aliphatic carbocycles. The summed E-state index contributed by atoms with van der Waals surface area (Å²) >= 11 is 0. The van der Waals surface area contributed by atoms with Gasteiger partial charge in [0.25, 0.3) is 5.91 Å². The van der Waals surface area contributed by atoms with E-state index in [2.05, 4.69) is 10.4 Å². The standard InChI is InChI=1S/C17H17N3O2/c1-13-5-2-6-14(11-13)17(21)18-12-15(16-7-3-10-22-16)20-9-4-8-19-20/h2-11,15H,12H2,1H3,(H,18,21)/t15-/m0/s1. The predicted octanol–water partition coefficient (Wildman–Crippen LogP) is 2.80. The molecule has 0 aliphatic rings. The van der Waals surface area contributed by atoms with Gasteiger partial charge in [-0.15, -0.1) is 0 Å². The normalized spacial score (nSPS) is 12.0. The molecule has 0 unspecified atom stereocenters. The van der Waals surface area contributed by atoms with E-state index < -0.39 is 0 Å². The van der Waals surface area contributed by atoms with Crippen LogP contribution in [-0.4, -0.2) is 22.2 Å². The molecular weight excluding hydrogens is 278 g/mol. The molecule has 3 aromatic rings. The molecule has 1 amide bonds. The number of furan rings is 1. The molecule has 5 heteroatoms. The number of carbonyl (C=O) groups is 1. The van der Waals surface area contributed by atoms with Crippen LogP contribution >= 0.6 is 0 Å². The number of hydrogen-bond acceptors (Lipinski definition) is 3. The van der Waals surface area contributed by atoms with E-state index in [9.17, 15) is 4.79 Å². The lowest BCUT2D eigenvalue weighted by atomic mass is 10.1. The van der Waals surface area contributed by atoms with E-state index >= 15 is 0 Å². The van der Waals surface area contributed by atoms with Crippen LogP contribution in [0.15, 0.2) is 65.5 Å². The highest BCUT2D eigenvalue weighted by atomic mass is 16.3. The molecule has 5 nitrogen and oxygen atoms in total. The van der Waals surface area contributed by atoms with Crippen molar-refractivity contribution in [3.05, 3.63) is 78.0 Å². The van der Waals surface area contributed by atoms with Crippen LogP contribution in [0.3, 0.4) is 0 Å². The molecule has 1 atom stereocenters. The Labute approximate surface area is 128 Å². The number of nitrogens with one attached hydrogen (secondary N) is 1. The molecule has 0 fully saturated rings. The molecule has 1 aromatic carbocycles. The van der Waals surface area contributed by atoms with Crippen LogP contribution in [0, 0.1) is 6.92 Å². The molecule has 0 bridgehead atoms. The van der Waals surface area contributed by atoms with Crippen molar-refractivity contribution in [2.75, 3.05) is 6.54 Å². The van der Waals surface area contributed by atoms with Crippen molar-refractivity contribution >= 4 is 5.91 Å². The zero-order valence-corrected chi connectivity index (χ0v) is 12.3. The van der Waals surface area contributed by atoms with Gasteiger partial charge in [0.2, 0.25) is 0 Å². The van der Waals surface area contributed by atoms with Gasteiger partial charge in [-0.05, 0) is 37.3 Å². The van der Waals surface area contributed by atoms with Gasteiger partial charge in [-0.25, -0.2) is 0 Å². The van der Waals surface area contributed by atoms with Gasteiger partial charge in [0.15, 0.2) is 0 Å². The lowest BCUT2D eigenvalue weighted by molar-refractivity contribution is 0.0948. The molecule has 1 N–H and O–H groups in total. The van der Waals surface area contributed by atoms with Crippen molar-refractivity contribution in [1.82, 2.24) is 15.1 Å². The number of benzene rings is 1. The monoisotopic (exact) mass is 295 g/mol. The molecule has 0 saturated carbocycles. The van der Waals surface area contributed by atoms with Crippen LogP contribution in [-0.2, 0) is 0 Å². The maximum atomic E-state index is 12.3. The summed E-state index contributed by atoms with van der Waals surface area (Å²) in [5.41, 5.74) is 1.71. The topological polar surface area (TPSA) is 60.1 Å². The fourth-order valence-corrected chi connectivity index (χ4v) is 2.35. The Hall–Kier alpha value is -2.82. The zero-order chi connectivity index (χ0) is 15.4. The van der Waals surface area contributed by atoms with Gasteiger partial charge in [0, 0.05) is 24.5 Å². The number of hydrogen-bond donors (Lipinski definition) is 1. The third kappa shape index (κ3) is 3.09. The molecule has 2 heterocycles. The minimum Gasteiger partial charge on any atom is -0.467 e. The Morgan fingerprint density at radius 3 is 2.91 bits per heavy atom. The number of amides is 1. The molecule has 3 rings (SSSR count). The largest absolute Gasteiger partial charge is 0.467 e. The fraction of sp³-hybridized carbons (Fsp3) is 0.176. The van der Waals surface area contributed by atoms with Gasteiger partial charge in [0.1, 0.15) is 11.8 Å². The first-order valence-corrected chi connectivity index (χ1v) is 7.11. The molecule has 2 aromatic heterocycles. The van der Waals surface area contributed by atoms with Gasteiger partial charge in [-0.2, -0.15) is 5.10 Å². The SMILES string of the molecule is Cc1cccc(C(=O)NC[C@@H](c2ccco2)n2cccn2)c1. The number of carbonyl (C=O) groups excluding carboxylic acids is 1. The van der Waals surface area contributed by atoms with Crippen molar-refractivity contribution in [2.24, 2.45) is 0 Å². The van der Waals surface area contributed by atoms with Crippen LogP contribution in [0.4, 0.5) is 0 Å².